The number of ether oxygens (including phenoxy) is 1. The van der Waals surface area contributed by atoms with Crippen molar-refractivity contribution >= 4 is 27.9 Å². The first-order valence-corrected chi connectivity index (χ1v) is 15.9. The van der Waals surface area contributed by atoms with E-state index < -0.39 is 40.0 Å². The molecule has 2 heterocycles. The topological polar surface area (TPSA) is 130 Å². The van der Waals surface area contributed by atoms with E-state index in [9.17, 15) is 23.1 Å². The number of rotatable bonds is 13. The Labute approximate surface area is 259 Å². The van der Waals surface area contributed by atoms with Gasteiger partial charge in [-0.15, -0.1) is 0 Å². The Morgan fingerprint density at radius 3 is 2.32 bits per heavy atom. The number of anilines is 1. The first-order chi connectivity index (χ1) is 20.5. The highest BCUT2D eigenvalue weighted by Crippen LogP contribution is 2.31. The van der Waals surface area contributed by atoms with Crippen LogP contribution in [0.4, 0.5) is 15.0 Å². The average molecular weight is 629 g/mol. The van der Waals surface area contributed by atoms with Gasteiger partial charge in [0, 0.05) is 18.3 Å². The van der Waals surface area contributed by atoms with Gasteiger partial charge in [-0.3, -0.25) is 9.69 Å². The number of carbonyl (C=O) groups excluding carboxylic acids is 1. The lowest BCUT2D eigenvalue weighted by atomic mass is 9.80. The van der Waals surface area contributed by atoms with Crippen molar-refractivity contribution < 1.29 is 32.2 Å². The number of carboxylic acids is 1. The summed E-state index contributed by atoms with van der Waals surface area (Å²) in [5.74, 6) is -1.87. The minimum Gasteiger partial charge on any atom is -0.480 e. The summed E-state index contributed by atoms with van der Waals surface area (Å²) in [4.78, 5) is 33.7. The zero-order valence-corrected chi connectivity index (χ0v) is 26.9. The summed E-state index contributed by atoms with van der Waals surface area (Å²) in [7, 11) is -4.24. The van der Waals surface area contributed by atoms with Gasteiger partial charge in [0.2, 0.25) is 0 Å². The molecule has 0 aliphatic rings. The van der Waals surface area contributed by atoms with Crippen LogP contribution in [0.25, 0.3) is 0 Å². The molecule has 238 valence electrons. The van der Waals surface area contributed by atoms with Crippen LogP contribution >= 0.6 is 0 Å². The number of carboxylic acid groups (broad SMARTS) is 1. The van der Waals surface area contributed by atoms with Gasteiger partial charge in [0.05, 0.1) is 12.2 Å². The molecule has 0 saturated carbocycles. The maximum absolute atomic E-state index is 15.5. The van der Waals surface area contributed by atoms with Crippen LogP contribution in [0.15, 0.2) is 65.8 Å². The predicted octanol–water partition coefficient (Wildman–Crippen LogP) is 6.30. The fraction of sp³-hybridized carbons (Fsp3) is 0.438. The SMILES string of the molecule is CCCCC(C)(C)c1ccc(CN(Cc2cccc(N(CC(=O)O)C(=O)OC(C)(C)C)n2)S(=O)(=O)c2ccccn2)c(F)c1. The van der Waals surface area contributed by atoms with Gasteiger partial charge in [-0.25, -0.2) is 27.6 Å². The lowest BCUT2D eigenvalue weighted by Gasteiger charge is -2.27. The van der Waals surface area contributed by atoms with E-state index in [2.05, 4.69) is 30.7 Å². The van der Waals surface area contributed by atoms with Crippen molar-refractivity contribution in [2.45, 2.75) is 89.9 Å². The molecule has 1 amide bonds. The van der Waals surface area contributed by atoms with Crippen molar-refractivity contribution in [1.82, 2.24) is 14.3 Å². The largest absolute Gasteiger partial charge is 0.480 e. The standard InChI is InChI=1S/C32H41FN4O6S/c1-7-8-17-32(5,6)24-16-15-23(26(33)19-24)20-36(44(41,42)28-14-9-10-18-34-28)21-25-12-11-13-27(35-25)37(22-29(38)39)30(40)43-31(2,3)4/h9-16,18-19H,7-8,17,20-22H2,1-6H3,(H,38,39). The summed E-state index contributed by atoms with van der Waals surface area (Å²) in [5.41, 5.74) is 0.0243. The zero-order chi connectivity index (χ0) is 32.7. The lowest BCUT2D eigenvalue weighted by molar-refractivity contribution is -0.135. The number of pyridine rings is 2. The van der Waals surface area contributed by atoms with Gasteiger partial charge in [0.1, 0.15) is 23.8 Å². The quantitative estimate of drug-likeness (QED) is 0.233. The first-order valence-electron chi connectivity index (χ1n) is 14.4. The molecule has 2 aromatic heterocycles. The monoisotopic (exact) mass is 628 g/mol. The molecule has 3 rings (SSSR count). The molecule has 1 aromatic carbocycles. The Hall–Kier alpha value is -3.90. The van der Waals surface area contributed by atoms with Crippen molar-refractivity contribution in [1.29, 1.82) is 0 Å². The normalized spacial score (nSPS) is 12.3. The summed E-state index contributed by atoms with van der Waals surface area (Å²) in [6.45, 7) is 9.78. The van der Waals surface area contributed by atoms with Gasteiger partial charge in [-0.05, 0) is 68.5 Å². The van der Waals surface area contributed by atoms with Crippen LogP contribution < -0.4 is 4.90 Å². The second-order valence-electron chi connectivity index (χ2n) is 12.2. The highest BCUT2D eigenvalue weighted by molar-refractivity contribution is 7.89. The molecule has 1 N–H and O–H groups in total. The van der Waals surface area contributed by atoms with E-state index in [-0.39, 0.29) is 40.6 Å². The van der Waals surface area contributed by atoms with Crippen molar-refractivity contribution in [2.75, 3.05) is 11.4 Å². The molecule has 12 heteroatoms. The van der Waals surface area contributed by atoms with E-state index in [0.717, 1.165) is 34.0 Å². The number of aromatic nitrogens is 2. The molecule has 0 aliphatic carbocycles. The molecule has 0 radical (unpaired) electrons. The molecular weight excluding hydrogens is 587 g/mol. The summed E-state index contributed by atoms with van der Waals surface area (Å²) < 4.78 is 49.5. The number of benzene rings is 1. The molecule has 0 atom stereocenters. The summed E-state index contributed by atoms with van der Waals surface area (Å²) in [6.07, 6.45) is 3.32. The third kappa shape index (κ3) is 9.30. The number of aliphatic carboxylic acids is 1. The van der Waals surface area contributed by atoms with E-state index in [1.54, 1.807) is 32.9 Å². The maximum atomic E-state index is 15.5. The van der Waals surface area contributed by atoms with Crippen LogP contribution in [0.2, 0.25) is 0 Å². The van der Waals surface area contributed by atoms with Crippen LogP contribution in [0.3, 0.4) is 0 Å². The van der Waals surface area contributed by atoms with Crippen molar-refractivity contribution in [3.05, 3.63) is 83.4 Å². The number of hydrogen-bond acceptors (Lipinski definition) is 7. The fourth-order valence-electron chi connectivity index (χ4n) is 4.48. The van der Waals surface area contributed by atoms with Gasteiger partial charge >= 0.3 is 12.1 Å². The third-order valence-corrected chi connectivity index (χ3v) is 8.60. The number of nitrogens with zero attached hydrogens (tertiary/aromatic N) is 4. The van der Waals surface area contributed by atoms with Crippen LogP contribution in [-0.2, 0) is 38.1 Å². The van der Waals surface area contributed by atoms with E-state index in [0.29, 0.717) is 0 Å². The van der Waals surface area contributed by atoms with Gasteiger partial charge in [0.25, 0.3) is 10.0 Å². The number of unbranched alkanes of at least 4 members (excludes halogenated alkanes) is 1. The Kier molecular flexibility index (Phi) is 11.2. The number of carbonyl (C=O) groups is 2. The number of halogens is 1. The molecule has 0 fully saturated rings. The first kappa shape index (κ1) is 34.6. The molecule has 0 aliphatic heterocycles. The minimum absolute atomic E-state index is 0.0424. The van der Waals surface area contributed by atoms with Gasteiger partial charge < -0.3 is 9.84 Å². The molecular formula is C32H41FN4O6S. The number of sulfonamides is 1. The molecule has 0 saturated heterocycles. The highest BCUT2D eigenvalue weighted by Gasteiger charge is 2.30. The molecule has 44 heavy (non-hydrogen) atoms. The van der Waals surface area contributed by atoms with E-state index in [1.165, 1.54) is 42.6 Å². The van der Waals surface area contributed by atoms with Crippen molar-refractivity contribution in [2.24, 2.45) is 0 Å². The third-order valence-electron chi connectivity index (χ3n) is 6.89. The Morgan fingerprint density at radius 1 is 1.00 bits per heavy atom. The van der Waals surface area contributed by atoms with Crippen molar-refractivity contribution in [3.8, 4) is 0 Å². The molecule has 0 spiro atoms. The summed E-state index contributed by atoms with van der Waals surface area (Å²) in [6, 6.07) is 13.8. The van der Waals surface area contributed by atoms with Gasteiger partial charge in [-0.2, -0.15) is 4.31 Å². The zero-order valence-electron chi connectivity index (χ0n) is 26.1. The highest BCUT2D eigenvalue weighted by atomic mass is 32.2. The fourth-order valence-corrected chi connectivity index (χ4v) is 5.81. The van der Waals surface area contributed by atoms with E-state index >= 15 is 4.39 Å². The Balaban J connectivity index is 2.01. The molecule has 3 aromatic rings. The van der Waals surface area contributed by atoms with Crippen LogP contribution in [0.1, 0.15) is 77.6 Å². The second kappa shape index (κ2) is 14.3. The van der Waals surface area contributed by atoms with Crippen LogP contribution in [0, 0.1) is 5.82 Å². The number of hydrogen-bond donors (Lipinski definition) is 1. The van der Waals surface area contributed by atoms with Crippen LogP contribution in [0.5, 0.6) is 0 Å². The lowest BCUT2D eigenvalue weighted by Crippen LogP contribution is -2.40. The molecule has 10 nitrogen and oxygen atoms in total. The van der Waals surface area contributed by atoms with E-state index in [4.69, 9.17) is 4.74 Å². The Morgan fingerprint density at radius 2 is 1.73 bits per heavy atom. The number of amides is 1. The molecule has 0 unspecified atom stereocenters. The Bertz CT molecular complexity index is 1560. The summed E-state index contributed by atoms with van der Waals surface area (Å²) >= 11 is 0. The van der Waals surface area contributed by atoms with Gasteiger partial charge in [-0.1, -0.05) is 57.9 Å². The predicted molar refractivity (Wildman–Crippen MR) is 165 cm³/mol. The second-order valence-corrected chi connectivity index (χ2v) is 14.1. The van der Waals surface area contributed by atoms with E-state index in [1.807, 2.05) is 6.07 Å². The smallest absolute Gasteiger partial charge is 0.416 e. The van der Waals surface area contributed by atoms with Gasteiger partial charge in [0.15, 0.2) is 5.03 Å². The minimum atomic E-state index is -4.24. The summed E-state index contributed by atoms with van der Waals surface area (Å²) in [5, 5.41) is 9.21. The average Bonchev–Trinajstić information content (AvgIpc) is 2.95. The molecule has 0 bridgehead atoms. The maximum Gasteiger partial charge on any atom is 0.416 e. The van der Waals surface area contributed by atoms with Crippen molar-refractivity contribution in [3.63, 3.8) is 0 Å². The van der Waals surface area contributed by atoms with Crippen LogP contribution in [-0.4, -0.2) is 52.0 Å².